The molecule has 6 heteroatoms. The van der Waals surface area contributed by atoms with E-state index in [9.17, 15) is 0 Å². The molecule has 0 bridgehead atoms. The van der Waals surface area contributed by atoms with Gasteiger partial charge >= 0.3 is 0 Å². The Morgan fingerprint density at radius 2 is 1.72 bits per heavy atom. The van der Waals surface area contributed by atoms with Crippen LogP contribution in [0.2, 0.25) is 15.1 Å². The summed E-state index contributed by atoms with van der Waals surface area (Å²) < 4.78 is 2.11. The molecule has 0 saturated carbocycles. The zero-order valence-corrected chi connectivity index (χ0v) is 19.5. The maximum absolute atomic E-state index is 6.55. The molecule has 1 aromatic heterocycles. The SMILES string of the molecule is CCCCC(CCc1ccc(Cl)cc1)(Cn1ccnc1)Sc1c(Cl)cccc1Cl. The molecular formula is C23H25Cl3N2S. The molecule has 1 atom stereocenters. The summed E-state index contributed by atoms with van der Waals surface area (Å²) in [5.41, 5.74) is 1.28. The largest absolute Gasteiger partial charge is 0.336 e. The van der Waals surface area contributed by atoms with Crippen molar-refractivity contribution < 1.29 is 0 Å². The Balaban J connectivity index is 1.92. The van der Waals surface area contributed by atoms with Crippen LogP contribution < -0.4 is 0 Å². The Morgan fingerprint density at radius 1 is 1.00 bits per heavy atom. The number of aromatic nitrogens is 2. The third-order valence-corrected chi connectivity index (χ3v) is 7.76. The number of benzene rings is 2. The number of imidazole rings is 1. The van der Waals surface area contributed by atoms with Crippen LogP contribution in [0.4, 0.5) is 0 Å². The summed E-state index contributed by atoms with van der Waals surface area (Å²) in [6, 6.07) is 13.9. The topological polar surface area (TPSA) is 17.8 Å². The molecule has 2 aromatic carbocycles. The van der Waals surface area contributed by atoms with E-state index in [0.717, 1.165) is 48.6 Å². The monoisotopic (exact) mass is 466 g/mol. The highest BCUT2D eigenvalue weighted by atomic mass is 35.5. The first-order chi connectivity index (χ1) is 14.0. The first-order valence-electron chi connectivity index (χ1n) is 9.84. The van der Waals surface area contributed by atoms with Crippen LogP contribution in [0.1, 0.15) is 38.2 Å². The lowest BCUT2D eigenvalue weighted by Gasteiger charge is -2.34. The number of rotatable bonds is 10. The van der Waals surface area contributed by atoms with Crippen LogP contribution in [0.15, 0.2) is 66.1 Å². The van der Waals surface area contributed by atoms with Crippen molar-refractivity contribution in [1.82, 2.24) is 9.55 Å². The van der Waals surface area contributed by atoms with E-state index >= 15 is 0 Å². The number of thioether (sulfide) groups is 1. The Kier molecular flexibility index (Phi) is 8.37. The van der Waals surface area contributed by atoms with Crippen LogP contribution in [-0.2, 0) is 13.0 Å². The van der Waals surface area contributed by atoms with Crippen molar-refractivity contribution >= 4 is 46.6 Å². The minimum Gasteiger partial charge on any atom is -0.336 e. The fourth-order valence-corrected chi connectivity index (χ4v) is 5.63. The highest BCUT2D eigenvalue weighted by Gasteiger charge is 2.33. The minimum absolute atomic E-state index is 0.0506. The van der Waals surface area contributed by atoms with Gasteiger partial charge in [-0.15, -0.1) is 11.8 Å². The molecule has 0 saturated heterocycles. The predicted molar refractivity (Wildman–Crippen MR) is 127 cm³/mol. The Hall–Kier alpha value is -1.13. The molecule has 0 spiro atoms. The van der Waals surface area contributed by atoms with Gasteiger partial charge in [0.05, 0.1) is 16.4 Å². The maximum atomic E-state index is 6.55. The summed E-state index contributed by atoms with van der Waals surface area (Å²) in [4.78, 5) is 5.20. The van der Waals surface area contributed by atoms with E-state index in [-0.39, 0.29) is 4.75 Å². The average Bonchev–Trinajstić information content (AvgIpc) is 3.22. The minimum atomic E-state index is -0.0506. The van der Waals surface area contributed by atoms with Crippen molar-refractivity contribution in [3.63, 3.8) is 0 Å². The zero-order valence-electron chi connectivity index (χ0n) is 16.5. The van der Waals surface area contributed by atoms with Crippen molar-refractivity contribution in [3.8, 4) is 0 Å². The van der Waals surface area contributed by atoms with Gasteiger partial charge in [0, 0.05) is 33.6 Å². The molecule has 2 nitrogen and oxygen atoms in total. The normalized spacial score (nSPS) is 13.4. The highest BCUT2D eigenvalue weighted by molar-refractivity contribution is 8.00. The lowest BCUT2D eigenvalue weighted by atomic mass is 9.93. The summed E-state index contributed by atoms with van der Waals surface area (Å²) >= 11 is 21.0. The van der Waals surface area contributed by atoms with Gasteiger partial charge in [0.1, 0.15) is 0 Å². The van der Waals surface area contributed by atoms with Crippen molar-refractivity contribution in [3.05, 3.63) is 81.8 Å². The highest BCUT2D eigenvalue weighted by Crippen LogP contribution is 2.47. The maximum Gasteiger partial charge on any atom is 0.0946 e. The Labute approximate surface area is 192 Å². The third kappa shape index (κ3) is 6.42. The summed E-state index contributed by atoms with van der Waals surface area (Å²) in [5, 5.41) is 2.18. The number of unbranched alkanes of at least 4 members (excludes halogenated alkanes) is 1. The van der Waals surface area contributed by atoms with E-state index < -0.39 is 0 Å². The van der Waals surface area contributed by atoms with E-state index in [1.807, 2.05) is 60.8 Å². The van der Waals surface area contributed by atoms with Crippen LogP contribution >= 0.6 is 46.6 Å². The molecule has 3 aromatic rings. The zero-order chi connectivity index (χ0) is 20.7. The van der Waals surface area contributed by atoms with Crippen LogP contribution in [0.3, 0.4) is 0 Å². The molecule has 154 valence electrons. The molecule has 0 aliphatic carbocycles. The van der Waals surface area contributed by atoms with Crippen molar-refractivity contribution in [2.24, 2.45) is 0 Å². The van der Waals surface area contributed by atoms with E-state index in [1.54, 1.807) is 0 Å². The molecular weight excluding hydrogens is 443 g/mol. The van der Waals surface area contributed by atoms with Gasteiger partial charge in [0.25, 0.3) is 0 Å². The molecule has 0 N–H and O–H groups in total. The first kappa shape index (κ1) is 22.6. The predicted octanol–water partition coefficient (Wildman–Crippen LogP) is 8.20. The van der Waals surface area contributed by atoms with Gasteiger partial charge in [0.15, 0.2) is 0 Å². The number of aryl methyl sites for hydroxylation is 1. The number of nitrogens with zero attached hydrogens (tertiary/aromatic N) is 2. The molecule has 0 aliphatic heterocycles. The van der Waals surface area contributed by atoms with Crippen LogP contribution in [0.25, 0.3) is 0 Å². The lowest BCUT2D eigenvalue weighted by Crippen LogP contribution is -2.31. The fourth-order valence-electron chi connectivity index (χ4n) is 3.45. The molecule has 1 unspecified atom stereocenters. The van der Waals surface area contributed by atoms with Crippen LogP contribution in [0.5, 0.6) is 0 Å². The van der Waals surface area contributed by atoms with Crippen molar-refractivity contribution in [2.75, 3.05) is 0 Å². The second-order valence-electron chi connectivity index (χ2n) is 7.30. The van der Waals surface area contributed by atoms with Gasteiger partial charge in [-0.05, 0) is 49.1 Å². The molecule has 0 amide bonds. The fraction of sp³-hybridized carbons (Fsp3) is 0.348. The standard InChI is InChI=1S/C23H25Cl3N2S/c1-2-3-12-23(16-28-15-14-27-17-28,13-11-18-7-9-19(24)10-8-18)29-22-20(25)5-4-6-21(22)26/h4-10,14-15,17H,2-3,11-13,16H2,1H3. The molecule has 1 heterocycles. The van der Waals surface area contributed by atoms with Gasteiger partial charge in [-0.2, -0.15) is 0 Å². The summed E-state index contributed by atoms with van der Waals surface area (Å²) in [6.07, 6.45) is 11.1. The van der Waals surface area contributed by atoms with Gasteiger partial charge in [-0.25, -0.2) is 4.98 Å². The molecule has 0 radical (unpaired) electrons. The number of halogens is 3. The second kappa shape index (κ2) is 10.8. The first-order valence-corrected chi connectivity index (χ1v) is 11.8. The van der Waals surface area contributed by atoms with E-state index in [1.165, 1.54) is 5.56 Å². The number of hydrogen-bond acceptors (Lipinski definition) is 2. The lowest BCUT2D eigenvalue weighted by molar-refractivity contribution is 0.421. The van der Waals surface area contributed by atoms with E-state index in [4.69, 9.17) is 34.8 Å². The van der Waals surface area contributed by atoms with Gasteiger partial charge in [0.2, 0.25) is 0 Å². The number of hydrogen-bond donors (Lipinski definition) is 0. The van der Waals surface area contributed by atoms with Crippen molar-refractivity contribution in [2.45, 2.75) is 55.2 Å². The summed E-state index contributed by atoms with van der Waals surface area (Å²) in [6.45, 7) is 3.08. The Morgan fingerprint density at radius 3 is 2.34 bits per heavy atom. The van der Waals surface area contributed by atoms with Crippen LogP contribution in [0, 0.1) is 0 Å². The molecule has 3 rings (SSSR count). The molecule has 29 heavy (non-hydrogen) atoms. The third-order valence-electron chi connectivity index (χ3n) is 5.04. The quantitative estimate of drug-likeness (QED) is 0.280. The van der Waals surface area contributed by atoms with E-state index in [0.29, 0.717) is 10.0 Å². The average molecular weight is 468 g/mol. The van der Waals surface area contributed by atoms with Gasteiger partial charge in [-0.1, -0.05) is 72.8 Å². The van der Waals surface area contributed by atoms with Crippen LogP contribution in [-0.4, -0.2) is 14.3 Å². The van der Waals surface area contributed by atoms with Crippen molar-refractivity contribution in [1.29, 1.82) is 0 Å². The van der Waals surface area contributed by atoms with Gasteiger partial charge < -0.3 is 4.57 Å². The molecule has 0 fully saturated rings. The molecule has 0 aliphatic rings. The summed E-state index contributed by atoms with van der Waals surface area (Å²) in [7, 11) is 0. The second-order valence-corrected chi connectivity index (χ2v) is 10.0. The van der Waals surface area contributed by atoms with E-state index in [2.05, 4.69) is 28.6 Å². The van der Waals surface area contributed by atoms with Gasteiger partial charge in [-0.3, -0.25) is 0 Å². The smallest absolute Gasteiger partial charge is 0.0946 e. The summed E-state index contributed by atoms with van der Waals surface area (Å²) in [5.74, 6) is 0. The Bertz CT molecular complexity index is 877.